The van der Waals surface area contributed by atoms with Crippen molar-refractivity contribution in [3.05, 3.63) is 47.4 Å². The average Bonchev–Trinajstić information content (AvgIpc) is 3.22. The van der Waals surface area contributed by atoms with Crippen LogP contribution in [-0.2, 0) is 20.0 Å². The maximum absolute atomic E-state index is 5.82. The van der Waals surface area contributed by atoms with Crippen molar-refractivity contribution in [2.75, 3.05) is 13.1 Å². The van der Waals surface area contributed by atoms with E-state index in [2.05, 4.69) is 40.0 Å². The summed E-state index contributed by atoms with van der Waals surface area (Å²) in [6.45, 7) is 5.33. The van der Waals surface area contributed by atoms with E-state index in [1.807, 2.05) is 11.7 Å². The zero-order chi connectivity index (χ0) is 18.4. The van der Waals surface area contributed by atoms with Gasteiger partial charge in [-0.2, -0.15) is 5.10 Å². The first-order valence-corrected chi connectivity index (χ1v) is 9.82. The molecule has 2 aromatic heterocycles. The van der Waals surface area contributed by atoms with Crippen molar-refractivity contribution in [2.45, 2.75) is 44.8 Å². The number of benzene rings is 1. The van der Waals surface area contributed by atoms with Gasteiger partial charge in [-0.1, -0.05) is 12.1 Å². The number of likely N-dealkylation sites (tertiary alicyclic amines) is 1. The summed E-state index contributed by atoms with van der Waals surface area (Å²) in [5.74, 6) is 1.53. The second-order valence-corrected chi connectivity index (χ2v) is 7.86. The average molecular weight is 363 g/mol. The molecule has 5 rings (SSSR count). The lowest BCUT2D eigenvalue weighted by molar-refractivity contribution is 0.203. The van der Waals surface area contributed by atoms with Gasteiger partial charge in [-0.25, -0.2) is 14.6 Å². The third kappa shape index (κ3) is 3.08. The van der Waals surface area contributed by atoms with Crippen LogP contribution in [0.15, 0.2) is 30.6 Å². The lowest BCUT2D eigenvalue weighted by atomic mass is 9.92. The molecular formula is C21H25N5O. The van der Waals surface area contributed by atoms with E-state index < -0.39 is 0 Å². The predicted molar refractivity (Wildman–Crippen MR) is 104 cm³/mol. The quantitative estimate of drug-likeness (QED) is 0.716. The standard InChI is InChI=1S/C21H25N5O/c1-14-11-17-12-15(3-4-18(17)27-14)13-26-9-5-16(6-10-26)19-20-21(25(2)24-19)23-8-7-22-20/h3-4,7-8,12,14,16H,5-6,9-11,13H2,1-2H3/t14-/m0/s1. The largest absolute Gasteiger partial charge is 0.490 e. The van der Waals surface area contributed by atoms with Gasteiger partial charge in [0.1, 0.15) is 17.4 Å². The van der Waals surface area contributed by atoms with E-state index in [4.69, 9.17) is 9.84 Å². The summed E-state index contributed by atoms with van der Waals surface area (Å²) in [5.41, 5.74) is 5.70. The molecule has 6 nitrogen and oxygen atoms in total. The fourth-order valence-electron chi connectivity index (χ4n) is 4.48. The Balaban J connectivity index is 1.26. The van der Waals surface area contributed by atoms with Crippen LogP contribution in [0.1, 0.15) is 42.5 Å². The number of ether oxygens (including phenoxy) is 1. The Hall–Kier alpha value is -2.47. The van der Waals surface area contributed by atoms with Gasteiger partial charge in [0.2, 0.25) is 0 Å². The molecule has 140 valence electrons. The van der Waals surface area contributed by atoms with Crippen molar-refractivity contribution in [3.8, 4) is 5.75 Å². The van der Waals surface area contributed by atoms with E-state index in [9.17, 15) is 0 Å². The molecule has 0 radical (unpaired) electrons. The predicted octanol–water partition coefficient (Wildman–Crippen LogP) is 3.07. The van der Waals surface area contributed by atoms with Gasteiger partial charge in [-0.15, -0.1) is 0 Å². The highest BCUT2D eigenvalue weighted by molar-refractivity contribution is 5.73. The van der Waals surface area contributed by atoms with Crippen LogP contribution in [-0.4, -0.2) is 43.8 Å². The van der Waals surface area contributed by atoms with Crippen LogP contribution in [0.2, 0.25) is 0 Å². The number of aryl methyl sites for hydroxylation is 1. The number of hydrogen-bond donors (Lipinski definition) is 0. The van der Waals surface area contributed by atoms with Crippen LogP contribution in [0.4, 0.5) is 0 Å². The molecule has 1 aromatic carbocycles. The molecule has 0 unspecified atom stereocenters. The molecule has 1 fully saturated rings. The fraction of sp³-hybridized carbons (Fsp3) is 0.476. The molecule has 2 aliphatic rings. The SMILES string of the molecule is C[C@H]1Cc2cc(CN3CCC(c4nn(C)c5nccnc45)CC3)ccc2O1. The summed E-state index contributed by atoms with van der Waals surface area (Å²) >= 11 is 0. The van der Waals surface area contributed by atoms with Gasteiger partial charge in [-0.3, -0.25) is 4.90 Å². The van der Waals surface area contributed by atoms with Gasteiger partial charge in [0.15, 0.2) is 5.65 Å². The third-order valence-electron chi connectivity index (χ3n) is 5.83. The van der Waals surface area contributed by atoms with E-state index in [-0.39, 0.29) is 0 Å². The van der Waals surface area contributed by atoms with E-state index in [0.29, 0.717) is 12.0 Å². The Morgan fingerprint density at radius 1 is 1.15 bits per heavy atom. The summed E-state index contributed by atoms with van der Waals surface area (Å²) < 4.78 is 7.68. The third-order valence-corrected chi connectivity index (χ3v) is 5.83. The fourth-order valence-corrected chi connectivity index (χ4v) is 4.48. The number of nitrogens with zero attached hydrogens (tertiary/aromatic N) is 5. The second-order valence-electron chi connectivity index (χ2n) is 7.86. The lowest BCUT2D eigenvalue weighted by Gasteiger charge is -2.31. The Morgan fingerprint density at radius 2 is 1.96 bits per heavy atom. The normalized spacial score (nSPS) is 20.7. The van der Waals surface area contributed by atoms with Gasteiger partial charge in [0.05, 0.1) is 5.69 Å². The van der Waals surface area contributed by atoms with Crippen molar-refractivity contribution in [3.63, 3.8) is 0 Å². The van der Waals surface area contributed by atoms with Gasteiger partial charge in [0.25, 0.3) is 0 Å². The van der Waals surface area contributed by atoms with Crippen molar-refractivity contribution >= 4 is 11.2 Å². The molecule has 0 saturated carbocycles. The first-order chi connectivity index (χ1) is 13.2. The number of hydrogen-bond acceptors (Lipinski definition) is 5. The van der Waals surface area contributed by atoms with Crippen molar-refractivity contribution in [1.82, 2.24) is 24.6 Å². The molecule has 0 aliphatic carbocycles. The molecule has 0 amide bonds. The van der Waals surface area contributed by atoms with E-state index in [1.54, 1.807) is 12.4 Å². The number of rotatable bonds is 3. The van der Waals surface area contributed by atoms with Crippen LogP contribution in [0.25, 0.3) is 11.2 Å². The van der Waals surface area contributed by atoms with Crippen LogP contribution in [0, 0.1) is 0 Å². The highest BCUT2D eigenvalue weighted by atomic mass is 16.5. The molecule has 1 saturated heterocycles. The summed E-state index contributed by atoms with van der Waals surface area (Å²) in [5, 5.41) is 4.73. The maximum Gasteiger partial charge on any atom is 0.176 e. The van der Waals surface area contributed by atoms with E-state index in [0.717, 1.165) is 61.5 Å². The number of aromatic nitrogens is 4. The summed E-state index contributed by atoms with van der Waals surface area (Å²) in [6.07, 6.45) is 7.07. The van der Waals surface area contributed by atoms with Crippen LogP contribution >= 0.6 is 0 Å². The number of piperidine rings is 1. The minimum atomic E-state index is 0.308. The summed E-state index contributed by atoms with van der Waals surface area (Å²) in [7, 11) is 1.95. The van der Waals surface area contributed by atoms with Crippen molar-refractivity contribution in [2.24, 2.45) is 7.05 Å². The first kappa shape index (κ1) is 16.7. The molecule has 0 bridgehead atoms. The molecular weight excluding hydrogens is 338 g/mol. The Kier molecular flexibility index (Phi) is 4.08. The smallest absolute Gasteiger partial charge is 0.176 e. The van der Waals surface area contributed by atoms with Gasteiger partial charge >= 0.3 is 0 Å². The molecule has 27 heavy (non-hydrogen) atoms. The molecule has 3 aromatic rings. The monoisotopic (exact) mass is 363 g/mol. The zero-order valence-corrected chi connectivity index (χ0v) is 15.9. The zero-order valence-electron chi connectivity index (χ0n) is 15.9. The number of fused-ring (bicyclic) bond motifs is 2. The Morgan fingerprint density at radius 3 is 2.81 bits per heavy atom. The minimum Gasteiger partial charge on any atom is -0.490 e. The van der Waals surface area contributed by atoms with Crippen LogP contribution in [0.5, 0.6) is 5.75 Å². The van der Waals surface area contributed by atoms with Crippen LogP contribution in [0.3, 0.4) is 0 Å². The molecule has 6 heteroatoms. The summed E-state index contributed by atoms with van der Waals surface area (Å²) in [4.78, 5) is 11.5. The topological polar surface area (TPSA) is 56.1 Å². The molecule has 0 spiro atoms. The molecule has 0 N–H and O–H groups in total. The van der Waals surface area contributed by atoms with Crippen LogP contribution < -0.4 is 4.74 Å². The highest BCUT2D eigenvalue weighted by Gasteiger charge is 2.26. The molecule has 2 aliphatic heterocycles. The maximum atomic E-state index is 5.82. The first-order valence-electron chi connectivity index (χ1n) is 9.82. The summed E-state index contributed by atoms with van der Waals surface area (Å²) in [6, 6.07) is 6.68. The second kappa shape index (κ2) is 6.60. The van der Waals surface area contributed by atoms with E-state index >= 15 is 0 Å². The minimum absolute atomic E-state index is 0.308. The van der Waals surface area contributed by atoms with Crippen molar-refractivity contribution < 1.29 is 4.74 Å². The van der Waals surface area contributed by atoms with Gasteiger partial charge in [0, 0.05) is 38.3 Å². The lowest BCUT2D eigenvalue weighted by Crippen LogP contribution is -2.32. The van der Waals surface area contributed by atoms with Crippen molar-refractivity contribution in [1.29, 1.82) is 0 Å². The Labute approximate surface area is 159 Å². The van der Waals surface area contributed by atoms with E-state index in [1.165, 1.54) is 11.1 Å². The molecule has 1 atom stereocenters. The van der Waals surface area contributed by atoms with Gasteiger partial charge < -0.3 is 4.74 Å². The molecule has 4 heterocycles. The highest BCUT2D eigenvalue weighted by Crippen LogP contribution is 2.33. The van der Waals surface area contributed by atoms with Gasteiger partial charge in [-0.05, 0) is 50.0 Å². The Bertz CT molecular complexity index is 974.